The quantitative estimate of drug-likeness (QED) is 0.464. The molecule has 0 N–H and O–H groups in total. The predicted molar refractivity (Wildman–Crippen MR) is 85.8 cm³/mol. The van der Waals surface area contributed by atoms with Crippen molar-refractivity contribution >= 4 is 0 Å². The Morgan fingerprint density at radius 1 is 0.474 bits per heavy atom. The van der Waals surface area contributed by atoms with E-state index in [4.69, 9.17) is 0 Å². The van der Waals surface area contributed by atoms with Gasteiger partial charge in [0.1, 0.15) is 0 Å². The third kappa shape index (κ3) is 32.5. The van der Waals surface area contributed by atoms with Crippen molar-refractivity contribution in [2.45, 2.75) is 79.1 Å². The normalized spacial score (nSPS) is 14.5. The van der Waals surface area contributed by atoms with Crippen LogP contribution in [0.1, 0.15) is 79.1 Å². The van der Waals surface area contributed by atoms with Crippen LogP contribution in [0.25, 0.3) is 10.6 Å². The van der Waals surface area contributed by atoms with Crippen molar-refractivity contribution < 1.29 is 31.1 Å². The summed E-state index contributed by atoms with van der Waals surface area (Å²) in [7, 11) is 0. The summed E-state index contributed by atoms with van der Waals surface area (Å²) in [5.74, 6) is 0. The minimum absolute atomic E-state index is 0. The van der Waals surface area contributed by atoms with Crippen LogP contribution in [0.3, 0.4) is 0 Å². The second-order valence-electron chi connectivity index (χ2n) is 4.54. The topological polar surface area (TPSA) is 28.2 Å². The molecule has 0 spiro atoms. The summed E-state index contributed by atoms with van der Waals surface area (Å²) in [6.07, 6.45) is 12.0. The van der Waals surface area contributed by atoms with Crippen LogP contribution in [-0.2, 0) is 0 Å². The zero-order valence-electron chi connectivity index (χ0n) is 13.9. The second kappa shape index (κ2) is 27.3. The van der Waals surface area contributed by atoms with Crippen LogP contribution in [0, 0.1) is 31.1 Å². The molecular weight excluding hydrogens is 458 g/mol. The summed E-state index contributed by atoms with van der Waals surface area (Å²) < 4.78 is 0. The van der Waals surface area contributed by atoms with Gasteiger partial charge in [0.15, 0.2) is 0 Å². The molecule has 1 aliphatic carbocycles. The summed E-state index contributed by atoms with van der Waals surface area (Å²) in [6, 6.07) is 0. The molecule has 0 atom stereocenters. The Balaban J connectivity index is -0.000000208. The fraction of sp³-hybridized carbons (Fsp3) is 1.00. The van der Waals surface area contributed by atoms with E-state index in [2.05, 4.69) is 10.6 Å². The van der Waals surface area contributed by atoms with E-state index >= 15 is 0 Å². The Labute approximate surface area is 146 Å². The van der Waals surface area contributed by atoms with Crippen molar-refractivity contribution in [3.63, 3.8) is 0 Å². The maximum absolute atomic E-state index is 3.97. The van der Waals surface area contributed by atoms with Crippen molar-refractivity contribution in [3.8, 4) is 0 Å². The van der Waals surface area contributed by atoms with E-state index < -0.39 is 0 Å². The first-order valence-corrected chi connectivity index (χ1v) is 8.09. The maximum atomic E-state index is 3.97. The first-order valence-electron chi connectivity index (χ1n) is 8.09. The summed E-state index contributed by atoms with van der Waals surface area (Å²) in [5.41, 5.74) is 0. The Morgan fingerprint density at radius 2 is 0.632 bits per heavy atom. The van der Waals surface area contributed by atoms with Crippen molar-refractivity contribution in [1.82, 2.24) is 0 Å². The Morgan fingerprint density at radius 3 is 0.684 bits per heavy atom. The average Bonchev–Trinajstić information content (AvgIpc) is 2.31. The smallest absolute Gasteiger partial charge is 0.663 e. The fourth-order valence-corrected chi connectivity index (χ4v) is 1.86. The molecule has 1 saturated carbocycles. The van der Waals surface area contributed by atoms with Gasteiger partial charge in [-0.2, -0.15) is 26.2 Å². The van der Waals surface area contributed by atoms with Crippen LogP contribution in [0.2, 0.25) is 0 Å². The van der Waals surface area contributed by atoms with Gasteiger partial charge in [-0.1, -0.05) is 79.1 Å². The van der Waals surface area contributed by atoms with Gasteiger partial charge in [-0.25, -0.2) is 0 Å². The first-order chi connectivity index (χ1) is 8.83. The molecule has 2 nitrogen and oxygen atoms in total. The predicted octanol–water partition coefficient (Wildman–Crippen LogP) is 5.92. The minimum Gasteiger partial charge on any atom is -0.663 e. The first kappa shape index (κ1) is 25.0. The average molecular weight is 495 g/mol. The molecule has 0 saturated heterocycles. The molecule has 0 bridgehead atoms. The van der Waals surface area contributed by atoms with E-state index in [-0.39, 0.29) is 31.1 Å². The zero-order chi connectivity index (χ0) is 13.9. The molecule has 0 radical (unpaired) electrons. The third-order valence-corrected chi connectivity index (χ3v) is 2.89. The van der Waals surface area contributed by atoms with Gasteiger partial charge in [-0.3, -0.25) is 0 Å². The van der Waals surface area contributed by atoms with E-state index in [9.17, 15) is 0 Å². The van der Waals surface area contributed by atoms with Crippen molar-refractivity contribution in [2.75, 3.05) is 26.2 Å². The number of hydrogen-bond acceptors (Lipinski definition) is 0. The van der Waals surface area contributed by atoms with Crippen LogP contribution >= 0.6 is 0 Å². The molecule has 0 amide bonds. The maximum Gasteiger partial charge on any atom is 2.00 e. The van der Waals surface area contributed by atoms with Gasteiger partial charge in [0.05, 0.1) is 0 Å². The van der Waals surface area contributed by atoms with Gasteiger partial charge < -0.3 is 10.6 Å². The molecule has 19 heavy (non-hydrogen) atoms. The number of nitrogens with zero attached hydrogens (tertiary/aromatic N) is 2. The van der Waals surface area contributed by atoms with Gasteiger partial charge in [0.25, 0.3) is 0 Å². The van der Waals surface area contributed by atoms with E-state index in [1.54, 1.807) is 0 Å². The number of hydrogen-bond donors (Lipinski definition) is 0. The molecule has 1 aliphatic rings. The summed E-state index contributed by atoms with van der Waals surface area (Å²) >= 11 is 0. The van der Waals surface area contributed by atoms with E-state index in [0.717, 1.165) is 26.2 Å². The van der Waals surface area contributed by atoms with Crippen molar-refractivity contribution in [3.05, 3.63) is 10.6 Å². The van der Waals surface area contributed by atoms with Gasteiger partial charge in [0, 0.05) is 0 Å². The largest absolute Gasteiger partial charge is 2.00 e. The molecular formula is C16H36N2U. The summed E-state index contributed by atoms with van der Waals surface area (Å²) in [4.78, 5) is 0. The van der Waals surface area contributed by atoms with Crippen molar-refractivity contribution in [1.29, 1.82) is 0 Å². The summed E-state index contributed by atoms with van der Waals surface area (Å²) in [5, 5.41) is 7.94. The van der Waals surface area contributed by atoms with Crippen LogP contribution in [0.5, 0.6) is 0 Å². The van der Waals surface area contributed by atoms with E-state index in [1.165, 1.54) is 51.4 Å². The zero-order valence-corrected chi connectivity index (χ0v) is 18.0. The van der Waals surface area contributed by atoms with Crippen LogP contribution in [0.4, 0.5) is 0 Å². The fourth-order valence-electron chi connectivity index (χ4n) is 1.86. The Hall–Kier alpha value is 0.972. The van der Waals surface area contributed by atoms with Crippen LogP contribution in [-0.4, -0.2) is 26.2 Å². The minimum atomic E-state index is 0. The van der Waals surface area contributed by atoms with Gasteiger partial charge in [0.2, 0.25) is 0 Å². The molecule has 114 valence electrons. The SMILES string of the molecule is C1CCCCCCC1.CC[N-]CC.CC[N-]CC.[U+2]. The third-order valence-electron chi connectivity index (χ3n) is 2.89. The monoisotopic (exact) mass is 494 g/mol. The standard InChI is InChI=1S/C8H16.2C4H10N.U/c1-2-4-6-8-7-5-3-1;2*1-3-5-4-2;/h1-8H2;2*3-4H2,1-2H3;/q;2*-1;+2. The Bertz CT molecular complexity index is 87.3. The molecule has 0 aromatic rings. The molecule has 1 rings (SSSR count). The number of rotatable bonds is 4. The molecule has 0 aliphatic heterocycles. The molecule has 0 heterocycles. The second-order valence-corrected chi connectivity index (χ2v) is 4.54. The van der Waals surface area contributed by atoms with Gasteiger partial charge >= 0.3 is 31.1 Å². The molecule has 1 fully saturated rings. The molecule has 3 heteroatoms. The molecule has 0 unspecified atom stereocenters. The van der Waals surface area contributed by atoms with Gasteiger partial charge in [-0.05, 0) is 0 Å². The van der Waals surface area contributed by atoms with E-state index in [1.807, 2.05) is 27.7 Å². The van der Waals surface area contributed by atoms with Crippen LogP contribution < -0.4 is 0 Å². The molecule has 0 aromatic heterocycles. The van der Waals surface area contributed by atoms with E-state index in [0.29, 0.717) is 0 Å². The van der Waals surface area contributed by atoms with Crippen LogP contribution in [0.15, 0.2) is 0 Å². The van der Waals surface area contributed by atoms with Gasteiger partial charge in [-0.15, -0.1) is 0 Å². The molecule has 0 aromatic carbocycles. The van der Waals surface area contributed by atoms with Crippen molar-refractivity contribution in [2.24, 2.45) is 0 Å². The Kier molecular flexibility index (Phi) is 35.9. The summed E-state index contributed by atoms with van der Waals surface area (Å²) in [6.45, 7) is 12.1.